The van der Waals surface area contributed by atoms with Crippen molar-refractivity contribution in [3.8, 4) is 0 Å². The Morgan fingerprint density at radius 1 is 1.32 bits per heavy atom. The fraction of sp³-hybridized carbons (Fsp3) is 0.526. The summed E-state index contributed by atoms with van der Waals surface area (Å²) in [4.78, 5) is 0. The van der Waals surface area contributed by atoms with E-state index in [2.05, 4.69) is 57.9 Å². The van der Waals surface area contributed by atoms with E-state index in [0.29, 0.717) is 11.8 Å². The smallest absolute Gasteiger partial charge is 0.0128 e. The zero-order chi connectivity index (χ0) is 14.3. The predicted octanol–water partition coefficient (Wildman–Crippen LogP) is 5.99. The minimum absolute atomic E-state index is 0.371. The lowest BCUT2D eigenvalue weighted by atomic mass is 9.81. The average molecular weight is 256 g/mol. The molecule has 0 saturated carbocycles. The fourth-order valence-corrected chi connectivity index (χ4v) is 2.70. The van der Waals surface area contributed by atoms with Crippen molar-refractivity contribution in [2.24, 2.45) is 11.8 Å². The summed E-state index contributed by atoms with van der Waals surface area (Å²) < 4.78 is 0. The van der Waals surface area contributed by atoms with Crippen LogP contribution in [0.1, 0.15) is 52.9 Å². The SMILES string of the molecule is C=C(C(=C)C(CC)CC)C1C=C=CCC=C(CC)C1. The third-order valence-corrected chi connectivity index (χ3v) is 4.21. The van der Waals surface area contributed by atoms with Crippen molar-refractivity contribution in [3.05, 3.63) is 53.8 Å². The fourth-order valence-electron chi connectivity index (χ4n) is 2.70. The lowest BCUT2D eigenvalue weighted by Gasteiger charge is -2.24. The third-order valence-electron chi connectivity index (χ3n) is 4.21. The molecule has 0 aromatic heterocycles. The lowest BCUT2D eigenvalue weighted by Crippen LogP contribution is -2.10. The number of hydrogen-bond donors (Lipinski definition) is 0. The molecule has 1 aliphatic rings. The summed E-state index contributed by atoms with van der Waals surface area (Å²) in [6.07, 6.45) is 12.1. The van der Waals surface area contributed by atoms with Crippen LogP contribution in [0.2, 0.25) is 0 Å². The molecule has 0 saturated heterocycles. The van der Waals surface area contributed by atoms with Gasteiger partial charge >= 0.3 is 0 Å². The van der Waals surface area contributed by atoms with E-state index < -0.39 is 0 Å². The van der Waals surface area contributed by atoms with Gasteiger partial charge in [-0.1, -0.05) is 45.6 Å². The number of rotatable bonds is 6. The molecule has 1 unspecified atom stereocenters. The maximum Gasteiger partial charge on any atom is 0.0128 e. The molecule has 0 heteroatoms. The summed E-state index contributed by atoms with van der Waals surface area (Å²) in [6, 6.07) is 0. The molecule has 0 aliphatic heterocycles. The molecule has 0 radical (unpaired) electrons. The minimum atomic E-state index is 0.371. The Morgan fingerprint density at radius 2 is 2.00 bits per heavy atom. The zero-order valence-electron chi connectivity index (χ0n) is 12.8. The van der Waals surface area contributed by atoms with Crippen LogP contribution in [0, 0.1) is 11.8 Å². The van der Waals surface area contributed by atoms with Crippen LogP contribution in [0.3, 0.4) is 0 Å². The van der Waals surface area contributed by atoms with Gasteiger partial charge < -0.3 is 0 Å². The molecule has 0 fully saturated rings. The van der Waals surface area contributed by atoms with Gasteiger partial charge in [0.15, 0.2) is 0 Å². The predicted molar refractivity (Wildman–Crippen MR) is 86.1 cm³/mol. The van der Waals surface area contributed by atoms with Gasteiger partial charge in [0.1, 0.15) is 0 Å². The van der Waals surface area contributed by atoms with Crippen molar-refractivity contribution in [1.82, 2.24) is 0 Å². The van der Waals surface area contributed by atoms with Crippen molar-refractivity contribution in [3.63, 3.8) is 0 Å². The molecule has 1 rings (SSSR count). The molecule has 0 nitrogen and oxygen atoms in total. The van der Waals surface area contributed by atoms with Gasteiger partial charge in [0.2, 0.25) is 0 Å². The maximum atomic E-state index is 4.32. The van der Waals surface area contributed by atoms with Crippen LogP contribution in [0.4, 0.5) is 0 Å². The Hall–Kier alpha value is -1.26. The Balaban J connectivity index is 2.87. The summed E-state index contributed by atoms with van der Waals surface area (Å²) in [5.74, 6) is 0.945. The highest BCUT2D eigenvalue weighted by atomic mass is 14.2. The Kier molecular flexibility index (Phi) is 6.67. The molecule has 0 N–H and O–H groups in total. The van der Waals surface area contributed by atoms with E-state index in [-0.39, 0.29) is 0 Å². The second-order valence-corrected chi connectivity index (χ2v) is 5.36. The van der Waals surface area contributed by atoms with E-state index in [0.717, 1.165) is 32.1 Å². The van der Waals surface area contributed by atoms with E-state index in [1.54, 1.807) is 0 Å². The molecule has 19 heavy (non-hydrogen) atoms. The highest BCUT2D eigenvalue weighted by Gasteiger charge is 2.18. The summed E-state index contributed by atoms with van der Waals surface area (Å²) in [7, 11) is 0. The van der Waals surface area contributed by atoms with Gasteiger partial charge in [-0.25, -0.2) is 0 Å². The van der Waals surface area contributed by atoms with Crippen molar-refractivity contribution in [1.29, 1.82) is 0 Å². The topological polar surface area (TPSA) is 0 Å². The highest BCUT2D eigenvalue weighted by molar-refractivity contribution is 5.34. The van der Waals surface area contributed by atoms with E-state index in [4.69, 9.17) is 0 Å². The first-order valence-electron chi connectivity index (χ1n) is 7.60. The average Bonchev–Trinajstić information content (AvgIpc) is 2.39. The quantitative estimate of drug-likeness (QED) is 0.311. The molecule has 104 valence electrons. The van der Waals surface area contributed by atoms with Crippen LogP contribution in [-0.4, -0.2) is 0 Å². The van der Waals surface area contributed by atoms with E-state index in [1.165, 1.54) is 16.7 Å². The van der Waals surface area contributed by atoms with Crippen LogP contribution in [-0.2, 0) is 0 Å². The summed E-state index contributed by atoms with van der Waals surface area (Å²) in [5.41, 5.74) is 7.27. The van der Waals surface area contributed by atoms with Crippen molar-refractivity contribution >= 4 is 0 Å². The van der Waals surface area contributed by atoms with Gasteiger partial charge in [-0.3, -0.25) is 0 Å². The van der Waals surface area contributed by atoms with E-state index >= 15 is 0 Å². The Labute approximate surface area is 119 Å². The van der Waals surface area contributed by atoms with E-state index in [1.807, 2.05) is 0 Å². The minimum Gasteiger partial charge on any atom is -0.129 e. The van der Waals surface area contributed by atoms with Crippen LogP contribution >= 0.6 is 0 Å². The molecule has 1 atom stereocenters. The summed E-state index contributed by atoms with van der Waals surface area (Å²) >= 11 is 0. The molecule has 0 aromatic rings. The first-order valence-corrected chi connectivity index (χ1v) is 7.60. The molecular weight excluding hydrogens is 228 g/mol. The highest BCUT2D eigenvalue weighted by Crippen LogP contribution is 2.32. The number of hydrogen-bond acceptors (Lipinski definition) is 0. The van der Waals surface area contributed by atoms with Gasteiger partial charge in [0.25, 0.3) is 0 Å². The van der Waals surface area contributed by atoms with Gasteiger partial charge in [0, 0.05) is 5.92 Å². The van der Waals surface area contributed by atoms with Crippen LogP contribution < -0.4 is 0 Å². The Bertz CT molecular complexity index is 409. The molecular formula is C19H28. The summed E-state index contributed by atoms with van der Waals surface area (Å²) in [5, 5.41) is 0. The van der Waals surface area contributed by atoms with Crippen LogP contribution in [0.5, 0.6) is 0 Å². The van der Waals surface area contributed by atoms with E-state index in [9.17, 15) is 0 Å². The van der Waals surface area contributed by atoms with Crippen molar-refractivity contribution in [2.45, 2.75) is 52.9 Å². The molecule has 0 bridgehead atoms. The first kappa shape index (κ1) is 15.8. The molecule has 0 heterocycles. The second kappa shape index (κ2) is 8.02. The Morgan fingerprint density at radius 3 is 2.58 bits per heavy atom. The molecule has 1 aliphatic carbocycles. The van der Waals surface area contributed by atoms with Gasteiger partial charge in [-0.2, -0.15) is 0 Å². The first-order chi connectivity index (χ1) is 9.13. The van der Waals surface area contributed by atoms with Crippen molar-refractivity contribution in [2.75, 3.05) is 0 Å². The van der Waals surface area contributed by atoms with Crippen molar-refractivity contribution < 1.29 is 0 Å². The summed E-state index contributed by atoms with van der Waals surface area (Å²) in [6.45, 7) is 15.3. The van der Waals surface area contributed by atoms with Gasteiger partial charge in [-0.15, -0.1) is 5.73 Å². The normalized spacial score (nSPS) is 18.9. The standard InChI is InChI=1S/C19H28/c1-6-17-12-10-9-11-13-19(14-17)16(5)15(4)18(7-2)8-3/h9,12-13,18-19H,4-8,10,14H2,1-3H3. The molecule has 0 amide bonds. The van der Waals surface area contributed by atoms with Crippen LogP contribution in [0.25, 0.3) is 0 Å². The van der Waals surface area contributed by atoms with Gasteiger partial charge in [0.05, 0.1) is 0 Å². The molecule has 0 spiro atoms. The third kappa shape index (κ3) is 4.40. The lowest BCUT2D eigenvalue weighted by molar-refractivity contribution is 0.563. The monoisotopic (exact) mass is 256 g/mol. The molecule has 0 aromatic carbocycles. The number of allylic oxidation sites excluding steroid dienone is 5. The zero-order valence-corrected chi connectivity index (χ0v) is 12.8. The van der Waals surface area contributed by atoms with Crippen LogP contribution in [0.15, 0.2) is 53.8 Å². The van der Waals surface area contributed by atoms with Gasteiger partial charge in [-0.05, 0) is 61.3 Å². The second-order valence-electron chi connectivity index (χ2n) is 5.36. The largest absolute Gasteiger partial charge is 0.129 e. The maximum absolute atomic E-state index is 4.32.